The van der Waals surface area contributed by atoms with E-state index < -0.39 is 12.3 Å². The third-order valence-electron chi connectivity index (χ3n) is 1.86. The summed E-state index contributed by atoms with van der Waals surface area (Å²) in [7, 11) is 0. The number of alkyl halides is 2. The summed E-state index contributed by atoms with van der Waals surface area (Å²) in [5, 5.41) is 11.1. The van der Waals surface area contributed by atoms with Crippen LogP contribution in [-0.2, 0) is 0 Å². The van der Waals surface area contributed by atoms with Gasteiger partial charge in [-0.15, -0.1) is 0 Å². The number of ether oxygens (including phenoxy) is 1. The van der Waals surface area contributed by atoms with Crippen molar-refractivity contribution in [1.29, 1.82) is 0 Å². The van der Waals surface area contributed by atoms with E-state index >= 15 is 0 Å². The van der Waals surface area contributed by atoms with Gasteiger partial charge in [0, 0.05) is 5.69 Å². The third kappa shape index (κ3) is 1.33. The number of benzene rings is 1. The molecule has 6 heteroatoms. The van der Waals surface area contributed by atoms with Crippen LogP contribution in [0.5, 0.6) is 5.75 Å². The molecule has 1 atom stereocenters. The van der Waals surface area contributed by atoms with Crippen LogP contribution in [-0.4, -0.2) is 17.4 Å². The molecule has 0 bridgehead atoms. The lowest BCUT2D eigenvalue weighted by molar-refractivity contribution is -0.235. The SMILES string of the molecule is Nc1ccc2c(c1)NC(O)C(F)(F)O2. The van der Waals surface area contributed by atoms with Crippen LogP contribution < -0.4 is 15.8 Å². The fourth-order valence-corrected chi connectivity index (χ4v) is 1.18. The van der Waals surface area contributed by atoms with Gasteiger partial charge in [0.2, 0.25) is 6.23 Å². The molecular weight excluding hydrogens is 194 g/mol. The van der Waals surface area contributed by atoms with E-state index in [1.807, 2.05) is 0 Å². The molecule has 0 aromatic heterocycles. The lowest BCUT2D eigenvalue weighted by Crippen LogP contribution is -2.47. The number of aliphatic hydroxyl groups is 1. The number of fused-ring (bicyclic) bond motifs is 1. The Morgan fingerprint density at radius 3 is 2.93 bits per heavy atom. The summed E-state index contributed by atoms with van der Waals surface area (Å²) < 4.78 is 29.9. The first-order valence-electron chi connectivity index (χ1n) is 3.90. The average Bonchev–Trinajstić information content (AvgIpc) is 2.08. The van der Waals surface area contributed by atoms with Gasteiger partial charge in [-0.25, -0.2) is 0 Å². The maximum Gasteiger partial charge on any atom is 0.444 e. The molecule has 0 amide bonds. The van der Waals surface area contributed by atoms with Crippen molar-refractivity contribution < 1.29 is 18.6 Å². The Morgan fingerprint density at radius 1 is 1.50 bits per heavy atom. The maximum atomic E-state index is 12.8. The van der Waals surface area contributed by atoms with Crippen LogP contribution in [0.25, 0.3) is 0 Å². The third-order valence-corrected chi connectivity index (χ3v) is 1.86. The van der Waals surface area contributed by atoms with Gasteiger partial charge in [0.1, 0.15) is 5.75 Å². The lowest BCUT2D eigenvalue weighted by Gasteiger charge is -2.30. The van der Waals surface area contributed by atoms with Crippen LogP contribution >= 0.6 is 0 Å². The Hall–Kier alpha value is -1.56. The molecule has 0 fully saturated rings. The second-order valence-electron chi connectivity index (χ2n) is 2.97. The van der Waals surface area contributed by atoms with Crippen molar-refractivity contribution in [3.05, 3.63) is 18.2 Å². The van der Waals surface area contributed by atoms with E-state index in [0.29, 0.717) is 5.69 Å². The first-order valence-corrected chi connectivity index (χ1v) is 3.90. The number of halogens is 2. The molecule has 0 radical (unpaired) electrons. The minimum absolute atomic E-state index is 0.0329. The Balaban J connectivity index is 2.41. The molecule has 4 N–H and O–H groups in total. The van der Waals surface area contributed by atoms with Gasteiger partial charge >= 0.3 is 6.11 Å². The van der Waals surface area contributed by atoms with Gasteiger partial charge in [0.25, 0.3) is 0 Å². The largest absolute Gasteiger partial charge is 0.444 e. The van der Waals surface area contributed by atoms with Crippen molar-refractivity contribution in [2.45, 2.75) is 12.3 Å². The molecule has 0 saturated heterocycles. The van der Waals surface area contributed by atoms with Crippen LogP contribution in [0.15, 0.2) is 18.2 Å². The summed E-state index contributed by atoms with van der Waals surface area (Å²) in [6.45, 7) is 0. The second-order valence-corrected chi connectivity index (χ2v) is 2.97. The molecule has 0 saturated carbocycles. The summed E-state index contributed by atoms with van der Waals surface area (Å²) in [5.41, 5.74) is 6.08. The average molecular weight is 202 g/mol. The van der Waals surface area contributed by atoms with Crippen molar-refractivity contribution in [3.8, 4) is 5.75 Å². The molecule has 1 unspecified atom stereocenters. The number of nitrogens with one attached hydrogen (secondary N) is 1. The summed E-state index contributed by atoms with van der Waals surface area (Å²) in [5.74, 6) is -0.0329. The van der Waals surface area contributed by atoms with Crippen LogP contribution in [0.1, 0.15) is 0 Å². The molecule has 0 aliphatic carbocycles. The van der Waals surface area contributed by atoms with Crippen LogP contribution in [0.2, 0.25) is 0 Å². The maximum absolute atomic E-state index is 12.8. The van der Waals surface area contributed by atoms with Gasteiger partial charge in [-0.05, 0) is 18.2 Å². The molecule has 0 spiro atoms. The summed E-state index contributed by atoms with van der Waals surface area (Å²) >= 11 is 0. The zero-order valence-electron chi connectivity index (χ0n) is 7.00. The van der Waals surface area contributed by atoms with E-state index in [1.165, 1.54) is 18.2 Å². The number of nitrogen functional groups attached to an aromatic ring is 1. The predicted molar refractivity (Wildman–Crippen MR) is 46.1 cm³/mol. The fraction of sp³-hybridized carbons (Fsp3) is 0.250. The van der Waals surface area contributed by atoms with Gasteiger partial charge in [0.05, 0.1) is 5.69 Å². The van der Waals surface area contributed by atoms with Crippen LogP contribution in [0.3, 0.4) is 0 Å². The Morgan fingerprint density at radius 2 is 2.21 bits per heavy atom. The van der Waals surface area contributed by atoms with Crippen molar-refractivity contribution in [2.75, 3.05) is 11.1 Å². The van der Waals surface area contributed by atoms with Gasteiger partial charge in [-0.2, -0.15) is 8.78 Å². The molecule has 1 aliphatic rings. The number of aliphatic hydroxyl groups excluding tert-OH is 1. The number of hydrogen-bond donors (Lipinski definition) is 3. The van der Waals surface area contributed by atoms with Crippen molar-refractivity contribution in [1.82, 2.24) is 0 Å². The summed E-state index contributed by atoms with van der Waals surface area (Å²) in [6.07, 6.45) is -5.68. The first kappa shape index (κ1) is 9.01. The van der Waals surface area contributed by atoms with E-state index in [1.54, 1.807) is 0 Å². The summed E-state index contributed by atoms with van der Waals surface area (Å²) in [4.78, 5) is 0. The lowest BCUT2D eigenvalue weighted by atomic mass is 10.2. The number of anilines is 2. The van der Waals surface area contributed by atoms with E-state index in [4.69, 9.17) is 10.8 Å². The van der Waals surface area contributed by atoms with Gasteiger partial charge < -0.3 is 20.9 Å². The normalized spacial score (nSPS) is 23.2. The Kier molecular flexibility index (Phi) is 1.75. The van der Waals surface area contributed by atoms with E-state index in [0.717, 1.165) is 0 Å². The highest BCUT2D eigenvalue weighted by molar-refractivity contribution is 5.64. The van der Waals surface area contributed by atoms with Crippen LogP contribution in [0.4, 0.5) is 20.2 Å². The Labute approximate surface area is 78.3 Å². The highest BCUT2D eigenvalue weighted by atomic mass is 19.3. The molecule has 1 aromatic carbocycles. The highest BCUT2D eigenvalue weighted by Gasteiger charge is 2.45. The second kappa shape index (κ2) is 2.71. The quantitative estimate of drug-likeness (QED) is 0.549. The number of nitrogens with two attached hydrogens (primary N) is 1. The first-order chi connectivity index (χ1) is 6.49. The zero-order chi connectivity index (χ0) is 10.3. The van der Waals surface area contributed by atoms with Gasteiger partial charge in [-0.1, -0.05) is 0 Å². The standard InChI is InChI=1S/C8H8F2N2O2/c9-8(10)7(13)12-5-3-4(11)1-2-6(5)14-8/h1-3,7,12-13H,11H2. The molecule has 1 aromatic rings. The molecular formula is C8H8F2N2O2. The topological polar surface area (TPSA) is 67.5 Å². The van der Waals surface area contributed by atoms with Crippen molar-refractivity contribution >= 4 is 11.4 Å². The highest BCUT2D eigenvalue weighted by Crippen LogP contribution is 2.37. The molecule has 2 rings (SSSR count). The van der Waals surface area contributed by atoms with E-state index in [-0.39, 0.29) is 11.4 Å². The van der Waals surface area contributed by atoms with Gasteiger partial charge in [0.15, 0.2) is 0 Å². The van der Waals surface area contributed by atoms with Crippen LogP contribution in [0, 0.1) is 0 Å². The monoisotopic (exact) mass is 202 g/mol. The fourth-order valence-electron chi connectivity index (χ4n) is 1.18. The van der Waals surface area contributed by atoms with E-state index in [2.05, 4.69) is 10.1 Å². The number of hydrogen-bond acceptors (Lipinski definition) is 4. The molecule has 1 aliphatic heterocycles. The number of rotatable bonds is 0. The molecule has 76 valence electrons. The zero-order valence-corrected chi connectivity index (χ0v) is 7.00. The molecule has 1 heterocycles. The smallest absolute Gasteiger partial charge is 0.427 e. The molecule has 14 heavy (non-hydrogen) atoms. The Bertz CT molecular complexity index is 370. The van der Waals surface area contributed by atoms with Crippen molar-refractivity contribution in [2.24, 2.45) is 0 Å². The minimum Gasteiger partial charge on any atom is -0.427 e. The summed E-state index contributed by atoms with van der Waals surface area (Å²) in [6, 6.07) is 4.17. The predicted octanol–water partition coefficient (Wildman–Crippen LogP) is 0.984. The van der Waals surface area contributed by atoms with E-state index in [9.17, 15) is 8.78 Å². The molecule has 4 nitrogen and oxygen atoms in total. The van der Waals surface area contributed by atoms with Gasteiger partial charge in [-0.3, -0.25) is 0 Å². The van der Waals surface area contributed by atoms with Crippen molar-refractivity contribution in [3.63, 3.8) is 0 Å². The minimum atomic E-state index is -3.62.